The monoisotopic (exact) mass is 251 g/mol. The van der Waals surface area contributed by atoms with Crippen molar-refractivity contribution in [1.82, 2.24) is 9.97 Å². The molecule has 0 amide bonds. The fraction of sp³-hybridized carbons (Fsp3) is 0.714. The van der Waals surface area contributed by atoms with Crippen molar-refractivity contribution in [3.05, 3.63) is 11.9 Å². The summed E-state index contributed by atoms with van der Waals surface area (Å²) in [7, 11) is 0. The van der Waals surface area contributed by atoms with E-state index < -0.39 is 0 Å². The van der Waals surface area contributed by atoms with Crippen LogP contribution in [0.15, 0.2) is 6.33 Å². The van der Waals surface area contributed by atoms with Gasteiger partial charge in [-0.15, -0.1) is 0 Å². The van der Waals surface area contributed by atoms with Crippen molar-refractivity contribution in [1.29, 1.82) is 0 Å². The van der Waals surface area contributed by atoms with Crippen LogP contribution in [0.1, 0.15) is 45.6 Å². The van der Waals surface area contributed by atoms with Gasteiger partial charge in [0.15, 0.2) is 0 Å². The van der Waals surface area contributed by atoms with Gasteiger partial charge in [-0.05, 0) is 19.3 Å². The molecular weight excluding hydrogens is 226 g/mol. The van der Waals surface area contributed by atoms with E-state index in [1.165, 1.54) is 0 Å². The first-order valence-electron chi connectivity index (χ1n) is 6.91. The second-order valence-corrected chi connectivity index (χ2v) is 4.57. The highest BCUT2D eigenvalue weighted by Gasteiger charge is 2.10. The molecule has 0 aliphatic carbocycles. The Kier molecular flexibility index (Phi) is 6.47. The van der Waals surface area contributed by atoms with Gasteiger partial charge in [0, 0.05) is 6.54 Å². The molecule has 0 aromatic carbocycles. The number of anilines is 1. The lowest BCUT2D eigenvalue weighted by molar-refractivity contribution is 0.231. The third-order valence-corrected chi connectivity index (χ3v) is 3.19. The normalized spacial score (nSPS) is 10.7. The Morgan fingerprint density at radius 2 is 1.94 bits per heavy atom. The molecule has 0 saturated carbocycles. The van der Waals surface area contributed by atoms with E-state index >= 15 is 0 Å². The maximum Gasteiger partial charge on any atom is 0.221 e. The first-order chi connectivity index (χ1) is 8.72. The van der Waals surface area contributed by atoms with E-state index in [9.17, 15) is 0 Å². The van der Waals surface area contributed by atoms with Crippen molar-refractivity contribution in [3.63, 3.8) is 0 Å². The predicted octanol–water partition coefficient (Wildman–Crippen LogP) is 3.42. The predicted molar refractivity (Wildman–Crippen MR) is 75.1 cm³/mol. The van der Waals surface area contributed by atoms with E-state index in [0.717, 1.165) is 43.8 Å². The van der Waals surface area contributed by atoms with Gasteiger partial charge in [0.05, 0.1) is 12.2 Å². The van der Waals surface area contributed by atoms with Gasteiger partial charge in [-0.3, -0.25) is 0 Å². The zero-order chi connectivity index (χ0) is 13.4. The van der Waals surface area contributed by atoms with E-state index in [-0.39, 0.29) is 0 Å². The lowest BCUT2D eigenvalue weighted by atomic mass is 10.1. The molecule has 4 nitrogen and oxygen atoms in total. The summed E-state index contributed by atoms with van der Waals surface area (Å²) in [6.45, 7) is 10.2. The van der Waals surface area contributed by atoms with Crippen LogP contribution in [-0.4, -0.2) is 23.1 Å². The molecule has 0 aliphatic rings. The summed E-state index contributed by atoms with van der Waals surface area (Å²) in [5.74, 6) is 2.19. The number of hydrogen-bond donors (Lipinski definition) is 1. The topological polar surface area (TPSA) is 47.0 Å². The summed E-state index contributed by atoms with van der Waals surface area (Å²) in [4.78, 5) is 8.46. The zero-order valence-electron chi connectivity index (χ0n) is 12.0. The lowest BCUT2D eigenvalue weighted by Gasteiger charge is -2.15. The summed E-state index contributed by atoms with van der Waals surface area (Å²) in [5.41, 5.74) is 0.997. The van der Waals surface area contributed by atoms with Gasteiger partial charge in [0.25, 0.3) is 0 Å². The van der Waals surface area contributed by atoms with Gasteiger partial charge in [-0.25, -0.2) is 9.97 Å². The Morgan fingerprint density at radius 3 is 2.56 bits per heavy atom. The Morgan fingerprint density at radius 1 is 1.22 bits per heavy atom. The molecule has 1 rings (SSSR count). The molecule has 4 heteroatoms. The highest BCUT2D eigenvalue weighted by molar-refractivity contribution is 5.47. The Labute approximate surface area is 110 Å². The van der Waals surface area contributed by atoms with Crippen LogP contribution in [0.25, 0.3) is 0 Å². The molecule has 0 radical (unpaired) electrons. The SMILES string of the molecule is CCCNc1ncnc(OCC(CC)CC)c1C. The summed E-state index contributed by atoms with van der Waals surface area (Å²) < 4.78 is 5.81. The first-order valence-corrected chi connectivity index (χ1v) is 6.91. The van der Waals surface area contributed by atoms with E-state index in [2.05, 4.69) is 36.1 Å². The Hall–Kier alpha value is -1.32. The molecule has 0 unspecified atom stereocenters. The highest BCUT2D eigenvalue weighted by atomic mass is 16.5. The molecule has 0 fully saturated rings. The minimum atomic E-state index is 0.603. The average Bonchev–Trinajstić information content (AvgIpc) is 2.40. The molecule has 0 saturated heterocycles. The molecule has 0 atom stereocenters. The third-order valence-electron chi connectivity index (χ3n) is 3.19. The van der Waals surface area contributed by atoms with Gasteiger partial charge in [0.2, 0.25) is 5.88 Å². The van der Waals surface area contributed by atoms with E-state index in [0.29, 0.717) is 11.8 Å². The second-order valence-electron chi connectivity index (χ2n) is 4.57. The maximum absolute atomic E-state index is 5.81. The number of aromatic nitrogens is 2. The van der Waals surface area contributed by atoms with Crippen LogP contribution in [0.4, 0.5) is 5.82 Å². The standard InChI is InChI=1S/C14H25N3O/c1-5-8-15-13-11(4)14(17-10-16-13)18-9-12(6-2)7-3/h10,12H,5-9H2,1-4H3,(H,15,16,17). The molecule has 0 spiro atoms. The summed E-state index contributed by atoms with van der Waals surface area (Å²) >= 11 is 0. The number of ether oxygens (including phenoxy) is 1. The molecule has 1 heterocycles. The maximum atomic E-state index is 5.81. The van der Waals surface area contributed by atoms with Crippen molar-refractivity contribution in [2.45, 2.75) is 47.0 Å². The van der Waals surface area contributed by atoms with Crippen molar-refractivity contribution in [3.8, 4) is 5.88 Å². The fourth-order valence-corrected chi connectivity index (χ4v) is 1.72. The van der Waals surface area contributed by atoms with E-state index in [1.54, 1.807) is 6.33 Å². The van der Waals surface area contributed by atoms with Crippen LogP contribution in [0, 0.1) is 12.8 Å². The Bertz CT molecular complexity index is 351. The molecule has 0 bridgehead atoms. The van der Waals surface area contributed by atoms with E-state index in [1.807, 2.05) is 6.92 Å². The summed E-state index contributed by atoms with van der Waals surface area (Å²) in [5, 5.41) is 3.29. The highest BCUT2D eigenvalue weighted by Crippen LogP contribution is 2.21. The van der Waals surface area contributed by atoms with Crippen molar-refractivity contribution in [2.75, 3.05) is 18.5 Å². The minimum Gasteiger partial charge on any atom is -0.477 e. The minimum absolute atomic E-state index is 0.603. The molecule has 1 aromatic heterocycles. The quantitative estimate of drug-likeness (QED) is 0.769. The molecule has 1 aromatic rings. The molecule has 102 valence electrons. The number of nitrogens with one attached hydrogen (secondary N) is 1. The number of hydrogen-bond acceptors (Lipinski definition) is 4. The van der Waals surface area contributed by atoms with Gasteiger partial charge in [0.1, 0.15) is 12.1 Å². The summed E-state index contributed by atoms with van der Waals surface area (Å²) in [6, 6.07) is 0. The number of nitrogens with zero attached hydrogens (tertiary/aromatic N) is 2. The van der Waals surface area contributed by atoms with Gasteiger partial charge in [-0.2, -0.15) is 0 Å². The van der Waals surface area contributed by atoms with Gasteiger partial charge >= 0.3 is 0 Å². The zero-order valence-corrected chi connectivity index (χ0v) is 12.0. The van der Waals surface area contributed by atoms with Gasteiger partial charge in [-0.1, -0.05) is 33.6 Å². The van der Waals surface area contributed by atoms with Crippen LogP contribution in [0.3, 0.4) is 0 Å². The molecule has 1 N–H and O–H groups in total. The Balaban J connectivity index is 2.65. The number of rotatable bonds is 8. The second kappa shape index (κ2) is 7.90. The van der Waals surface area contributed by atoms with Crippen LogP contribution in [0.2, 0.25) is 0 Å². The van der Waals surface area contributed by atoms with Crippen LogP contribution >= 0.6 is 0 Å². The smallest absolute Gasteiger partial charge is 0.221 e. The third kappa shape index (κ3) is 4.17. The van der Waals surface area contributed by atoms with Crippen LogP contribution in [-0.2, 0) is 0 Å². The molecular formula is C14H25N3O. The largest absolute Gasteiger partial charge is 0.477 e. The van der Waals surface area contributed by atoms with Crippen molar-refractivity contribution >= 4 is 5.82 Å². The molecule has 18 heavy (non-hydrogen) atoms. The fourth-order valence-electron chi connectivity index (χ4n) is 1.72. The van der Waals surface area contributed by atoms with Crippen LogP contribution in [0.5, 0.6) is 5.88 Å². The van der Waals surface area contributed by atoms with Crippen LogP contribution < -0.4 is 10.1 Å². The van der Waals surface area contributed by atoms with Crippen molar-refractivity contribution in [2.24, 2.45) is 5.92 Å². The first kappa shape index (κ1) is 14.7. The van der Waals surface area contributed by atoms with Gasteiger partial charge < -0.3 is 10.1 Å². The lowest BCUT2D eigenvalue weighted by Crippen LogP contribution is -2.13. The average molecular weight is 251 g/mol. The summed E-state index contributed by atoms with van der Waals surface area (Å²) in [6.07, 6.45) is 4.92. The van der Waals surface area contributed by atoms with E-state index in [4.69, 9.17) is 4.74 Å². The molecule has 0 aliphatic heterocycles. The van der Waals surface area contributed by atoms with Crippen molar-refractivity contribution < 1.29 is 4.74 Å².